The topological polar surface area (TPSA) is 73.8 Å². The van der Waals surface area contributed by atoms with E-state index in [2.05, 4.69) is 32.7 Å². The molecule has 5 nitrogen and oxygen atoms in total. The van der Waals surface area contributed by atoms with E-state index in [1.165, 1.54) is 11.0 Å². The van der Waals surface area contributed by atoms with Crippen molar-refractivity contribution >= 4 is 28.9 Å². The number of hydrogen-bond acceptors (Lipinski definition) is 4. The Labute approximate surface area is 106 Å². The van der Waals surface area contributed by atoms with E-state index in [9.17, 15) is 4.79 Å². The number of aromatic nitrogens is 3. The highest BCUT2D eigenvalue weighted by Gasteiger charge is 2.08. The zero-order chi connectivity index (χ0) is 11.5. The fourth-order valence-corrected chi connectivity index (χ4v) is 2.17. The predicted octanol–water partition coefficient (Wildman–Crippen LogP) is 1.14. The van der Waals surface area contributed by atoms with Gasteiger partial charge in [-0.15, -0.1) is 0 Å². The summed E-state index contributed by atoms with van der Waals surface area (Å²) in [4.78, 5) is 14.6. The number of carbonyl (C=O) groups is 1. The molecule has 1 heterocycles. The molecular weight excluding hydrogens is 319 g/mol. The largest absolute Gasteiger partial charge is 0.326 e. The van der Waals surface area contributed by atoms with E-state index >= 15 is 0 Å². The number of halogens is 1. The van der Waals surface area contributed by atoms with Crippen LogP contribution in [0.2, 0.25) is 0 Å². The molecule has 2 N–H and O–H groups in total. The number of rotatable bonds is 3. The molecule has 6 heteroatoms. The minimum Gasteiger partial charge on any atom is -0.326 e. The Hall–Kier alpha value is -1.28. The van der Waals surface area contributed by atoms with E-state index < -0.39 is 0 Å². The van der Waals surface area contributed by atoms with E-state index in [-0.39, 0.29) is 0 Å². The second-order valence-corrected chi connectivity index (χ2v) is 4.30. The van der Waals surface area contributed by atoms with Gasteiger partial charge in [0.2, 0.25) is 0 Å². The van der Waals surface area contributed by atoms with Crippen molar-refractivity contribution in [1.29, 1.82) is 0 Å². The molecule has 1 aromatic carbocycles. The Morgan fingerprint density at radius 3 is 2.94 bits per heavy atom. The molecule has 0 fully saturated rings. The summed E-state index contributed by atoms with van der Waals surface area (Å²) in [5.41, 5.74) is 7.42. The minimum absolute atomic E-state index is 0.290. The van der Waals surface area contributed by atoms with E-state index in [1.54, 1.807) is 0 Å². The normalized spacial score (nSPS) is 10.4. The maximum atomic E-state index is 10.8. The van der Waals surface area contributed by atoms with Gasteiger partial charge in [-0.25, -0.2) is 9.67 Å². The molecule has 0 radical (unpaired) electrons. The Bertz CT molecular complexity index is 523. The third kappa shape index (κ3) is 1.98. The van der Waals surface area contributed by atoms with Gasteiger partial charge in [0.25, 0.3) is 0 Å². The molecule has 0 aliphatic carbocycles. The lowest BCUT2D eigenvalue weighted by molar-refractivity contribution is 0.111. The van der Waals surface area contributed by atoms with Gasteiger partial charge in [0.15, 0.2) is 12.1 Å². The molecule has 2 rings (SSSR count). The van der Waals surface area contributed by atoms with E-state index in [1.807, 2.05) is 18.2 Å². The van der Waals surface area contributed by atoms with Gasteiger partial charge < -0.3 is 5.73 Å². The van der Waals surface area contributed by atoms with Crippen LogP contribution in [0.4, 0.5) is 0 Å². The lowest BCUT2D eigenvalue weighted by Gasteiger charge is -2.06. The lowest BCUT2D eigenvalue weighted by atomic mass is 10.2. The first-order valence-electron chi connectivity index (χ1n) is 4.60. The van der Waals surface area contributed by atoms with Crippen LogP contribution in [0.25, 0.3) is 5.69 Å². The highest BCUT2D eigenvalue weighted by molar-refractivity contribution is 14.1. The third-order valence-electron chi connectivity index (χ3n) is 2.16. The van der Waals surface area contributed by atoms with Crippen molar-refractivity contribution < 1.29 is 4.79 Å². The molecule has 0 saturated heterocycles. The Kier molecular flexibility index (Phi) is 3.30. The van der Waals surface area contributed by atoms with Crippen molar-refractivity contribution in [3.63, 3.8) is 0 Å². The van der Waals surface area contributed by atoms with Crippen LogP contribution in [-0.4, -0.2) is 21.1 Å². The van der Waals surface area contributed by atoms with E-state index in [0.717, 1.165) is 14.8 Å². The summed E-state index contributed by atoms with van der Waals surface area (Å²) in [5, 5.41) is 4.01. The van der Waals surface area contributed by atoms with Crippen LogP contribution in [0.15, 0.2) is 24.5 Å². The maximum Gasteiger partial charge on any atom is 0.196 e. The predicted molar refractivity (Wildman–Crippen MR) is 67.4 cm³/mol. The van der Waals surface area contributed by atoms with Crippen molar-refractivity contribution in [2.75, 3.05) is 0 Å². The summed E-state index contributed by atoms with van der Waals surface area (Å²) >= 11 is 2.18. The number of aldehydes is 1. The molecular formula is C10H9IN4O. The van der Waals surface area contributed by atoms with E-state index in [4.69, 9.17) is 5.73 Å². The maximum absolute atomic E-state index is 10.8. The molecule has 82 valence electrons. The minimum atomic E-state index is 0.290. The monoisotopic (exact) mass is 328 g/mol. The zero-order valence-corrected chi connectivity index (χ0v) is 10.5. The summed E-state index contributed by atoms with van der Waals surface area (Å²) in [7, 11) is 0. The van der Waals surface area contributed by atoms with Crippen LogP contribution in [0, 0.1) is 3.57 Å². The summed E-state index contributed by atoms with van der Waals surface area (Å²) in [5.74, 6) is 0.290. The highest BCUT2D eigenvalue weighted by Crippen LogP contribution is 2.18. The van der Waals surface area contributed by atoms with Crippen LogP contribution in [0.5, 0.6) is 0 Å². The molecule has 16 heavy (non-hydrogen) atoms. The number of nitrogens with two attached hydrogens (primary N) is 1. The Morgan fingerprint density at radius 1 is 1.50 bits per heavy atom. The summed E-state index contributed by atoms with van der Waals surface area (Å²) < 4.78 is 2.49. The van der Waals surface area contributed by atoms with Crippen LogP contribution >= 0.6 is 22.6 Å². The van der Waals surface area contributed by atoms with Crippen molar-refractivity contribution in [3.05, 3.63) is 39.5 Å². The molecule has 0 unspecified atom stereocenters. The fraction of sp³-hybridized carbons (Fsp3) is 0.100. The highest BCUT2D eigenvalue weighted by atomic mass is 127. The SMILES string of the molecule is NCc1ccc(-n2ncnc2C=O)c(I)c1. The van der Waals surface area contributed by atoms with Crippen LogP contribution in [0.3, 0.4) is 0 Å². The fourth-order valence-electron chi connectivity index (χ4n) is 1.37. The van der Waals surface area contributed by atoms with Crippen molar-refractivity contribution in [3.8, 4) is 5.69 Å². The zero-order valence-electron chi connectivity index (χ0n) is 8.30. The molecule has 0 aliphatic heterocycles. The van der Waals surface area contributed by atoms with Crippen LogP contribution in [-0.2, 0) is 6.54 Å². The standard InChI is InChI=1S/C10H9IN4O/c11-8-3-7(4-12)1-2-9(8)15-10(5-16)13-6-14-15/h1-3,5-6H,4,12H2. The smallest absolute Gasteiger partial charge is 0.196 e. The van der Waals surface area contributed by atoms with Gasteiger partial charge in [-0.3, -0.25) is 4.79 Å². The number of nitrogens with zero attached hydrogens (tertiary/aromatic N) is 3. The second kappa shape index (κ2) is 4.71. The molecule has 1 aromatic heterocycles. The summed E-state index contributed by atoms with van der Waals surface area (Å²) in [6, 6.07) is 5.76. The van der Waals surface area contributed by atoms with Crippen molar-refractivity contribution in [1.82, 2.24) is 14.8 Å². The van der Waals surface area contributed by atoms with Gasteiger partial charge >= 0.3 is 0 Å². The van der Waals surface area contributed by atoms with Gasteiger partial charge in [0.05, 0.1) is 5.69 Å². The van der Waals surface area contributed by atoms with Crippen LogP contribution in [0.1, 0.15) is 16.2 Å². The first-order chi connectivity index (χ1) is 7.76. The number of benzene rings is 1. The molecule has 0 atom stereocenters. The van der Waals surface area contributed by atoms with Gasteiger partial charge in [0.1, 0.15) is 6.33 Å². The Balaban J connectivity index is 2.52. The van der Waals surface area contributed by atoms with E-state index in [0.29, 0.717) is 18.7 Å². The lowest BCUT2D eigenvalue weighted by Crippen LogP contribution is -2.05. The summed E-state index contributed by atoms with van der Waals surface area (Å²) in [6.07, 6.45) is 2.04. The molecule has 0 bridgehead atoms. The first kappa shape index (κ1) is 11.2. The Morgan fingerprint density at radius 2 is 2.31 bits per heavy atom. The molecule has 0 amide bonds. The molecule has 0 spiro atoms. The molecule has 0 saturated carbocycles. The molecule has 0 aliphatic rings. The average Bonchev–Trinajstić information content (AvgIpc) is 2.76. The van der Waals surface area contributed by atoms with Gasteiger partial charge in [-0.1, -0.05) is 6.07 Å². The summed E-state index contributed by atoms with van der Waals surface area (Å²) in [6.45, 7) is 0.494. The van der Waals surface area contributed by atoms with Gasteiger partial charge in [-0.05, 0) is 40.3 Å². The van der Waals surface area contributed by atoms with Crippen LogP contribution < -0.4 is 5.73 Å². The number of carbonyl (C=O) groups excluding carboxylic acids is 1. The molecule has 2 aromatic rings. The average molecular weight is 328 g/mol. The van der Waals surface area contributed by atoms with Gasteiger partial charge in [0, 0.05) is 10.1 Å². The van der Waals surface area contributed by atoms with Crippen molar-refractivity contribution in [2.24, 2.45) is 5.73 Å². The van der Waals surface area contributed by atoms with Crippen molar-refractivity contribution in [2.45, 2.75) is 6.54 Å². The number of hydrogen-bond donors (Lipinski definition) is 1. The van der Waals surface area contributed by atoms with Gasteiger partial charge in [-0.2, -0.15) is 5.10 Å². The third-order valence-corrected chi connectivity index (χ3v) is 3.02. The quantitative estimate of drug-likeness (QED) is 0.677. The first-order valence-corrected chi connectivity index (χ1v) is 5.68. The second-order valence-electron chi connectivity index (χ2n) is 3.14.